The van der Waals surface area contributed by atoms with Gasteiger partial charge in [-0.15, -0.1) is 0 Å². The van der Waals surface area contributed by atoms with Crippen LogP contribution in [-0.2, 0) is 6.42 Å². The highest BCUT2D eigenvalue weighted by atomic mass is 15.2. The van der Waals surface area contributed by atoms with Gasteiger partial charge in [-0.2, -0.15) is 0 Å². The maximum absolute atomic E-state index is 3.90. The van der Waals surface area contributed by atoms with Crippen LogP contribution >= 0.6 is 0 Å². The number of likely N-dealkylation sites (tertiary alicyclic amines) is 1. The average molecular weight is 258 g/mol. The molecule has 3 atom stereocenters. The second-order valence-corrected chi connectivity index (χ2v) is 6.29. The van der Waals surface area contributed by atoms with Gasteiger partial charge in [-0.05, 0) is 44.8 Å². The van der Waals surface area contributed by atoms with E-state index in [4.69, 9.17) is 0 Å². The van der Waals surface area contributed by atoms with Crippen LogP contribution in [0, 0.1) is 0 Å². The minimum Gasteiger partial charge on any atom is -0.309 e. The Kier molecular flexibility index (Phi) is 4.19. The van der Waals surface area contributed by atoms with Gasteiger partial charge in [0.05, 0.1) is 0 Å². The van der Waals surface area contributed by atoms with Crippen molar-refractivity contribution in [3.8, 4) is 0 Å². The summed E-state index contributed by atoms with van der Waals surface area (Å²) in [5, 5.41) is 3.90. The van der Waals surface area contributed by atoms with E-state index in [1.807, 2.05) is 0 Å². The molecule has 3 rings (SSSR count). The summed E-state index contributed by atoms with van der Waals surface area (Å²) in [4.78, 5) is 2.60. The summed E-state index contributed by atoms with van der Waals surface area (Å²) in [5.74, 6) is 0. The van der Waals surface area contributed by atoms with Crippen molar-refractivity contribution in [2.45, 2.75) is 56.7 Å². The first-order valence-corrected chi connectivity index (χ1v) is 7.83. The third kappa shape index (κ3) is 3.18. The molecule has 19 heavy (non-hydrogen) atoms. The zero-order valence-corrected chi connectivity index (χ0v) is 12.0. The largest absolute Gasteiger partial charge is 0.309 e. The third-order valence-electron chi connectivity index (χ3n) is 4.86. The normalized spacial score (nSPS) is 32.6. The summed E-state index contributed by atoms with van der Waals surface area (Å²) >= 11 is 0. The predicted octanol–water partition coefficient (Wildman–Crippen LogP) is 2.83. The first-order chi connectivity index (χ1) is 9.33. The van der Waals surface area contributed by atoms with Crippen LogP contribution in [0.3, 0.4) is 0 Å². The molecule has 0 radical (unpaired) electrons. The second kappa shape index (κ2) is 6.06. The molecule has 0 saturated carbocycles. The Morgan fingerprint density at radius 3 is 2.84 bits per heavy atom. The number of nitrogens with zero attached hydrogens (tertiary/aromatic N) is 1. The van der Waals surface area contributed by atoms with Crippen molar-refractivity contribution in [1.29, 1.82) is 0 Å². The van der Waals surface area contributed by atoms with Crippen molar-refractivity contribution in [2.24, 2.45) is 0 Å². The lowest BCUT2D eigenvalue weighted by Gasteiger charge is -2.31. The van der Waals surface area contributed by atoms with E-state index in [1.165, 1.54) is 50.6 Å². The number of rotatable bonds is 2. The fourth-order valence-electron chi connectivity index (χ4n) is 3.81. The fraction of sp³-hybridized carbons (Fsp3) is 0.647. The van der Waals surface area contributed by atoms with Crippen LogP contribution in [0.5, 0.6) is 0 Å². The van der Waals surface area contributed by atoms with E-state index in [0.29, 0.717) is 6.04 Å². The van der Waals surface area contributed by atoms with Gasteiger partial charge >= 0.3 is 0 Å². The molecule has 1 aromatic carbocycles. The van der Waals surface area contributed by atoms with E-state index in [1.54, 1.807) is 0 Å². The minimum absolute atomic E-state index is 0.665. The van der Waals surface area contributed by atoms with Crippen molar-refractivity contribution in [3.63, 3.8) is 0 Å². The molecular formula is C17H26N2. The Bertz CT molecular complexity index is 390. The number of nitrogens with one attached hydrogen (secondary N) is 1. The molecule has 0 aliphatic carbocycles. The molecule has 0 aromatic heterocycles. The van der Waals surface area contributed by atoms with Gasteiger partial charge in [0, 0.05) is 18.1 Å². The highest BCUT2D eigenvalue weighted by Crippen LogP contribution is 2.26. The standard InChI is InChI=1S/C17H26N2/c1-19-11-7-3-6-10-16-17(19)13-15(18-16)12-14-8-4-2-5-9-14/h2,4-5,8-9,15-18H,3,6-7,10-13H2,1H3/t15-,16-,17+/m1/s1. The molecule has 104 valence electrons. The van der Waals surface area contributed by atoms with Crippen LogP contribution < -0.4 is 5.32 Å². The first-order valence-electron chi connectivity index (χ1n) is 7.83. The Labute approximate surface area is 117 Å². The number of fused-ring (bicyclic) bond motifs is 1. The highest BCUT2D eigenvalue weighted by molar-refractivity contribution is 5.17. The van der Waals surface area contributed by atoms with Crippen LogP contribution in [0.1, 0.15) is 37.7 Å². The lowest BCUT2D eigenvalue weighted by atomic mass is 9.97. The lowest BCUT2D eigenvalue weighted by Crippen LogP contribution is -2.43. The zero-order chi connectivity index (χ0) is 13.1. The van der Waals surface area contributed by atoms with Crippen LogP contribution in [-0.4, -0.2) is 36.6 Å². The smallest absolute Gasteiger partial charge is 0.0261 e. The number of likely N-dealkylation sites (N-methyl/N-ethyl adjacent to an activating group) is 1. The van der Waals surface area contributed by atoms with Crippen molar-refractivity contribution >= 4 is 0 Å². The van der Waals surface area contributed by atoms with Gasteiger partial charge in [0.2, 0.25) is 0 Å². The van der Waals surface area contributed by atoms with Crippen LogP contribution in [0.4, 0.5) is 0 Å². The van der Waals surface area contributed by atoms with Crippen molar-refractivity contribution in [3.05, 3.63) is 35.9 Å². The molecule has 1 N–H and O–H groups in total. The second-order valence-electron chi connectivity index (χ2n) is 6.29. The van der Waals surface area contributed by atoms with Crippen LogP contribution in [0.25, 0.3) is 0 Å². The van der Waals surface area contributed by atoms with Crippen LogP contribution in [0.2, 0.25) is 0 Å². The fourth-order valence-corrected chi connectivity index (χ4v) is 3.81. The van der Waals surface area contributed by atoms with E-state index >= 15 is 0 Å². The summed E-state index contributed by atoms with van der Waals surface area (Å²) in [6.45, 7) is 1.28. The van der Waals surface area contributed by atoms with E-state index < -0.39 is 0 Å². The van der Waals surface area contributed by atoms with E-state index in [-0.39, 0.29) is 0 Å². The first kappa shape index (κ1) is 13.1. The Hall–Kier alpha value is -0.860. The molecule has 0 spiro atoms. The van der Waals surface area contributed by atoms with Gasteiger partial charge in [-0.25, -0.2) is 0 Å². The van der Waals surface area contributed by atoms with Gasteiger partial charge < -0.3 is 10.2 Å². The van der Waals surface area contributed by atoms with Gasteiger partial charge in [0.15, 0.2) is 0 Å². The molecule has 2 fully saturated rings. The molecular weight excluding hydrogens is 232 g/mol. The molecule has 2 heteroatoms. The maximum atomic E-state index is 3.90. The van der Waals surface area contributed by atoms with E-state index in [9.17, 15) is 0 Å². The summed E-state index contributed by atoms with van der Waals surface area (Å²) in [6.07, 6.45) is 8.04. The maximum Gasteiger partial charge on any atom is 0.0261 e. The molecule has 0 unspecified atom stereocenters. The van der Waals surface area contributed by atoms with Crippen molar-refractivity contribution in [1.82, 2.24) is 10.2 Å². The van der Waals surface area contributed by atoms with Gasteiger partial charge in [-0.3, -0.25) is 0 Å². The van der Waals surface area contributed by atoms with Crippen molar-refractivity contribution < 1.29 is 0 Å². The Morgan fingerprint density at radius 2 is 2.00 bits per heavy atom. The average Bonchev–Trinajstić information content (AvgIpc) is 2.80. The van der Waals surface area contributed by atoms with Gasteiger partial charge in [-0.1, -0.05) is 43.2 Å². The summed E-state index contributed by atoms with van der Waals surface area (Å²) in [7, 11) is 2.32. The Morgan fingerprint density at radius 1 is 1.16 bits per heavy atom. The predicted molar refractivity (Wildman–Crippen MR) is 80.4 cm³/mol. The van der Waals surface area contributed by atoms with E-state index in [2.05, 4.69) is 47.6 Å². The molecule has 0 bridgehead atoms. The Balaban J connectivity index is 1.64. The van der Waals surface area contributed by atoms with Gasteiger partial charge in [0.25, 0.3) is 0 Å². The summed E-state index contributed by atoms with van der Waals surface area (Å²) < 4.78 is 0. The quantitative estimate of drug-likeness (QED) is 0.877. The van der Waals surface area contributed by atoms with Crippen LogP contribution in [0.15, 0.2) is 30.3 Å². The van der Waals surface area contributed by atoms with Gasteiger partial charge in [0.1, 0.15) is 0 Å². The molecule has 0 amide bonds. The number of benzene rings is 1. The minimum atomic E-state index is 0.665. The highest BCUT2D eigenvalue weighted by Gasteiger charge is 2.35. The lowest BCUT2D eigenvalue weighted by molar-refractivity contribution is 0.197. The SMILES string of the molecule is CN1CCCCC[C@H]2N[C@H](Cc3ccccc3)C[C@@H]21. The molecule has 2 nitrogen and oxygen atoms in total. The summed E-state index contributed by atoms with van der Waals surface area (Å²) in [5.41, 5.74) is 1.47. The van der Waals surface area contributed by atoms with E-state index in [0.717, 1.165) is 12.1 Å². The molecule has 2 aliphatic rings. The molecule has 2 aliphatic heterocycles. The third-order valence-corrected chi connectivity index (χ3v) is 4.86. The topological polar surface area (TPSA) is 15.3 Å². The number of hydrogen-bond acceptors (Lipinski definition) is 2. The van der Waals surface area contributed by atoms with Crippen molar-refractivity contribution in [2.75, 3.05) is 13.6 Å². The molecule has 2 heterocycles. The molecule has 1 aromatic rings. The number of hydrogen-bond donors (Lipinski definition) is 1. The molecule has 2 saturated heterocycles. The summed E-state index contributed by atoms with van der Waals surface area (Å²) in [6, 6.07) is 13.1. The zero-order valence-electron chi connectivity index (χ0n) is 12.0. The monoisotopic (exact) mass is 258 g/mol.